The van der Waals surface area contributed by atoms with Crippen LogP contribution in [0.4, 0.5) is 4.79 Å². The zero-order valence-electron chi connectivity index (χ0n) is 15.2. The monoisotopic (exact) mass is 423 g/mol. The van der Waals surface area contributed by atoms with Crippen LogP contribution in [0.1, 0.15) is 31.2 Å². The first kappa shape index (κ1) is 19.0. The van der Waals surface area contributed by atoms with Crippen LogP contribution in [0.25, 0.3) is 0 Å². The predicted molar refractivity (Wildman–Crippen MR) is 103 cm³/mol. The Kier molecular flexibility index (Phi) is 6.40. The fourth-order valence-corrected chi connectivity index (χ4v) is 4.18. The van der Waals surface area contributed by atoms with Gasteiger partial charge in [0.05, 0.1) is 11.6 Å². The number of carbonyl (C=O) groups excluding carboxylic acids is 2. The summed E-state index contributed by atoms with van der Waals surface area (Å²) in [6.45, 7) is 3.57. The summed E-state index contributed by atoms with van der Waals surface area (Å²) in [6, 6.07) is 5.93. The van der Waals surface area contributed by atoms with Crippen molar-refractivity contribution in [1.82, 2.24) is 15.1 Å². The Hall–Kier alpha value is -1.76. The molecule has 2 aliphatic rings. The Labute approximate surface area is 163 Å². The first-order valence-corrected chi connectivity index (χ1v) is 10.0. The number of nitrogens with zero attached hydrogens (tertiary/aromatic N) is 2. The Bertz CT molecular complexity index is 653. The van der Waals surface area contributed by atoms with Gasteiger partial charge in [0.1, 0.15) is 5.75 Å². The smallest absolute Gasteiger partial charge is 0.319 e. The van der Waals surface area contributed by atoms with Gasteiger partial charge in [0.15, 0.2) is 0 Å². The summed E-state index contributed by atoms with van der Waals surface area (Å²) in [5.41, 5.74) is 1.02. The number of nitrogens with one attached hydrogen (secondary N) is 1. The van der Waals surface area contributed by atoms with Gasteiger partial charge in [-0.25, -0.2) is 4.79 Å². The van der Waals surface area contributed by atoms with Gasteiger partial charge in [-0.15, -0.1) is 0 Å². The van der Waals surface area contributed by atoms with Gasteiger partial charge in [-0.2, -0.15) is 0 Å². The minimum Gasteiger partial charge on any atom is -0.496 e. The standard InChI is InChI=1S/C19H26BrN3O3/c1-26-17-5-4-14(12-16(17)20)13-21-18(24)15-6-10-23(11-7-15)19(25)22-8-2-3-9-22/h4-5,12,15H,2-3,6-11,13H2,1H3,(H,21,24). The molecule has 142 valence electrons. The lowest BCUT2D eigenvalue weighted by Gasteiger charge is -2.34. The molecule has 0 aromatic heterocycles. The molecular weight excluding hydrogens is 398 g/mol. The topological polar surface area (TPSA) is 61.9 Å². The minimum absolute atomic E-state index is 0.0145. The molecule has 2 heterocycles. The quantitative estimate of drug-likeness (QED) is 0.809. The molecule has 1 aromatic carbocycles. The number of hydrogen-bond acceptors (Lipinski definition) is 3. The molecule has 2 fully saturated rings. The van der Waals surface area contributed by atoms with Gasteiger partial charge < -0.3 is 19.9 Å². The molecule has 2 saturated heterocycles. The van der Waals surface area contributed by atoms with Crippen LogP contribution in [-0.4, -0.2) is 55.0 Å². The maximum atomic E-state index is 12.5. The second-order valence-electron chi connectivity index (χ2n) is 6.92. The van der Waals surface area contributed by atoms with E-state index >= 15 is 0 Å². The number of amides is 3. The molecular formula is C19H26BrN3O3. The van der Waals surface area contributed by atoms with Crippen molar-refractivity contribution in [3.05, 3.63) is 28.2 Å². The first-order chi connectivity index (χ1) is 12.6. The second-order valence-corrected chi connectivity index (χ2v) is 7.78. The van der Waals surface area contributed by atoms with Crippen molar-refractivity contribution in [2.45, 2.75) is 32.2 Å². The highest BCUT2D eigenvalue weighted by Crippen LogP contribution is 2.25. The van der Waals surface area contributed by atoms with Crippen molar-refractivity contribution in [2.75, 3.05) is 33.3 Å². The third kappa shape index (κ3) is 4.50. The average Bonchev–Trinajstić information content (AvgIpc) is 3.20. The highest BCUT2D eigenvalue weighted by Gasteiger charge is 2.30. The van der Waals surface area contributed by atoms with E-state index in [0.717, 1.165) is 54.6 Å². The van der Waals surface area contributed by atoms with E-state index in [1.54, 1.807) is 7.11 Å². The lowest BCUT2D eigenvalue weighted by atomic mass is 9.96. The lowest BCUT2D eigenvalue weighted by molar-refractivity contribution is -0.126. The molecule has 1 N–H and O–H groups in total. The van der Waals surface area contributed by atoms with Gasteiger partial charge in [0.2, 0.25) is 5.91 Å². The molecule has 0 aliphatic carbocycles. The first-order valence-electron chi connectivity index (χ1n) is 9.22. The molecule has 3 amide bonds. The maximum Gasteiger partial charge on any atom is 0.319 e. The van der Waals surface area contributed by atoms with E-state index in [2.05, 4.69) is 21.2 Å². The Morgan fingerprint density at radius 1 is 1.15 bits per heavy atom. The van der Waals surface area contributed by atoms with Crippen LogP contribution < -0.4 is 10.1 Å². The van der Waals surface area contributed by atoms with Crippen LogP contribution in [0, 0.1) is 5.92 Å². The number of methoxy groups -OCH3 is 1. The number of urea groups is 1. The number of carbonyl (C=O) groups is 2. The number of benzene rings is 1. The van der Waals surface area contributed by atoms with Crippen molar-refractivity contribution in [3.63, 3.8) is 0 Å². The summed E-state index contributed by atoms with van der Waals surface area (Å²) in [5.74, 6) is 0.833. The zero-order chi connectivity index (χ0) is 18.5. The normalized spacial score (nSPS) is 18.1. The number of likely N-dealkylation sites (tertiary alicyclic amines) is 2. The summed E-state index contributed by atoms with van der Waals surface area (Å²) in [4.78, 5) is 28.7. The van der Waals surface area contributed by atoms with E-state index in [1.165, 1.54) is 0 Å². The molecule has 0 saturated carbocycles. The summed E-state index contributed by atoms with van der Waals surface area (Å²) in [7, 11) is 1.63. The van der Waals surface area contributed by atoms with Gasteiger partial charge in [-0.1, -0.05) is 6.07 Å². The number of ether oxygens (including phenoxy) is 1. The molecule has 6 nitrogen and oxygen atoms in total. The summed E-state index contributed by atoms with van der Waals surface area (Å²) >= 11 is 3.46. The Morgan fingerprint density at radius 3 is 2.42 bits per heavy atom. The predicted octanol–water partition coefficient (Wildman–Crippen LogP) is 3.00. The second kappa shape index (κ2) is 8.75. The number of halogens is 1. The third-order valence-electron chi connectivity index (χ3n) is 5.20. The maximum absolute atomic E-state index is 12.5. The van der Waals surface area contributed by atoms with E-state index in [4.69, 9.17) is 4.74 Å². The highest BCUT2D eigenvalue weighted by molar-refractivity contribution is 9.10. The van der Waals surface area contributed by atoms with Crippen molar-refractivity contribution in [2.24, 2.45) is 5.92 Å². The molecule has 0 spiro atoms. The molecule has 3 rings (SSSR count). The van der Waals surface area contributed by atoms with Crippen molar-refractivity contribution >= 4 is 27.9 Å². The number of hydrogen-bond donors (Lipinski definition) is 1. The van der Waals surface area contributed by atoms with E-state index < -0.39 is 0 Å². The number of piperidine rings is 1. The zero-order valence-corrected chi connectivity index (χ0v) is 16.8. The average molecular weight is 424 g/mol. The van der Waals surface area contributed by atoms with Crippen LogP contribution in [-0.2, 0) is 11.3 Å². The van der Waals surface area contributed by atoms with Gasteiger partial charge in [0, 0.05) is 38.6 Å². The van der Waals surface area contributed by atoms with E-state index in [1.807, 2.05) is 28.0 Å². The van der Waals surface area contributed by atoms with Crippen LogP contribution in [0.2, 0.25) is 0 Å². The molecule has 26 heavy (non-hydrogen) atoms. The molecule has 0 radical (unpaired) electrons. The van der Waals surface area contributed by atoms with Gasteiger partial charge in [0.25, 0.3) is 0 Å². The van der Waals surface area contributed by atoms with Gasteiger partial charge in [-0.05, 0) is 59.3 Å². The fourth-order valence-electron chi connectivity index (χ4n) is 3.59. The summed E-state index contributed by atoms with van der Waals surface area (Å²) in [5, 5.41) is 3.02. The van der Waals surface area contributed by atoms with Crippen molar-refractivity contribution in [3.8, 4) is 5.75 Å². The third-order valence-corrected chi connectivity index (χ3v) is 5.82. The van der Waals surface area contributed by atoms with Crippen molar-refractivity contribution < 1.29 is 14.3 Å². The van der Waals surface area contributed by atoms with Gasteiger partial charge >= 0.3 is 6.03 Å². The Morgan fingerprint density at radius 2 is 1.81 bits per heavy atom. The van der Waals surface area contributed by atoms with Crippen molar-refractivity contribution in [1.29, 1.82) is 0 Å². The van der Waals surface area contributed by atoms with Crippen LogP contribution in [0.15, 0.2) is 22.7 Å². The SMILES string of the molecule is COc1ccc(CNC(=O)C2CCN(C(=O)N3CCCC3)CC2)cc1Br. The highest BCUT2D eigenvalue weighted by atomic mass is 79.9. The van der Waals surface area contributed by atoms with Crippen LogP contribution in [0.5, 0.6) is 5.75 Å². The largest absolute Gasteiger partial charge is 0.496 e. The molecule has 7 heteroatoms. The molecule has 1 aromatic rings. The van der Waals surface area contributed by atoms with E-state index in [9.17, 15) is 9.59 Å². The Balaban J connectivity index is 1.45. The number of rotatable bonds is 4. The molecule has 2 aliphatic heterocycles. The van der Waals surface area contributed by atoms with Crippen LogP contribution in [0.3, 0.4) is 0 Å². The molecule has 0 bridgehead atoms. The minimum atomic E-state index is -0.0145. The summed E-state index contributed by atoms with van der Waals surface area (Å²) < 4.78 is 6.09. The van der Waals surface area contributed by atoms with Crippen LogP contribution >= 0.6 is 15.9 Å². The molecule has 0 unspecified atom stereocenters. The lowest BCUT2D eigenvalue weighted by Crippen LogP contribution is -2.47. The summed E-state index contributed by atoms with van der Waals surface area (Å²) in [6.07, 6.45) is 3.67. The van der Waals surface area contributed by atoms with E-state index in [0.29, 0.717) is 19.6 Å². The van der Waals surface area contributed by atoms with Gasteiger partial charge in [-0.3, -0.25) is 4.79 Å². The molecule has 0 atom stereocenters. The fraction of sp³-hybridized carbons (Fsp3) is 0.579. The van der Waals surface area contributed by atoms with E-state index in [-0.39, 0.29) is 17.9 Å².